The van der Waals surface area contributed by atoms with Crippen molar-refractivity contribution in [2.24, 2.45) is 0 Å². The van der Waals surface area contributed by atoms with Crippen LogP contribution in [0.5, 0.6) is 0 Å². The maximum atomic E-state index is 14.3. The maximum Gasteiger partial charge on any atom is 0.435 e. The lowest BCUT2D eigenvalue weighted by atomic mass is 10.1. The molecule has 0 unspecified atom stereocenters. The zero-order valence-corrected chi connectivity index (χ0v) is 16.9. The fourth-order valence-corrected chi connectivity index (χ4v) is 3.86. The van der Waals surface area contributed by atoms with Gasteiger partial charge in [0.1, 0.15) is 16.5 Å². The van der Waals surface area contributed by atoms with Gasteiger partial charge in [-0.05, 0) is 42.8 Å². The van der Waals surface area contributed by atoms with E-state index in [0.717, 1.165) is 19.1 Å². The first kappa shape index (κ1) is 23.7. The van der Waals surface area contributed by atoms with Crippen molar-refractivity contribution in [3.05, 3.63) is 64.9 Å². The van der Waals surface area contributed by atoms with Crippen molar-refractivity contribution in [1.82, 2.24) is 9.78 Å². The van der Waals surface area contributed by atoms with E-state index in [1.165, 1.54) is 0 Å². The third kappa shape index (κ3) is 4.47. The van der Waals surface area contributed by atoms with Crippen LogP contribution in [0.1, 0.15) is 16.8 Å². The van der Waals surface area contributed by atoms with E-state index in [1.807, 2.05) is 0 Å². The Morgan fingerprint density at radius 2 is 1.44 bits per heavy atom. The molecule has 0 aliphatic carbocycles. The minimum absolute atomic E-state index is 0.208. The third-order valence-electron chi connectivity index (χ3n) is 4.44. The van der Waals surface area contributed by atoms with Crippen molar-refractivity contribution < 1.29 is 43.5 Å². The zero-order valence-electron chi connectivity index (χ0n) is 16.1. The molecular weight excluding hydrogens is 472 g/mol. The summed E-state index contributed by atoms with van der Waals surface area (Å²) in [7, 11) is -4.35. The highest BCUT2D eigenvalue weighted by molar-refractivity contribution is 7.90. The van der Waals surface area contributed by atoms with Crippen molar-refractivity contribution >= 4 is 9.84 Å². The Bertz CT molecular complexity index is 1280. The average molecular weight is 484 g/mol. The fourth-order valence-electron chi connectivity index (χ4n) is 3.03. The van der Waals surface area contributed by atoms with Crippen molar-refractivity contribution in [3.63, 3.8) is 0 Å². The van der Waals surface area contributed by atoms with E-state index in [0.29, 0.717) is 35.2 Å². The number of sulfone groups is 1. The Kier molecular flexibility index (Phi) is 5.61. The van der Waals surface area contributed by atoms with Gasteiger partial charge in [0.25, 0.3) is 0 Å². The van der Waals surface area contributed by atoms with Crippen LogP contribution in [-0.2, 0) is 22.2 Å². The van der Waals surface area contributed by atoms with Gasteiger partial charge in [0.05, 0.1) is 16.9 Å². The molecule has 0 saturated carbocycles. The maximum absolute atomic E-state index is 14.3. The van der Waals surface area contributed by atoms with Crippen LogP contribution in [0.3, 0.4) is 0 Å². The number of nitrogens with zero attached hydrogens (tertiary/aromatic N) is 2. The molecule has 0 radical (unpaired) electrons. The van der Waals surface area contributed by atoms with E-state index < -0.39 is 66.9 Å². The molecular formula is C19H12F8N2O2S. The van der Waals surface area contributed by atoms with Gasteiger partial charge in [0.2, 0.25) is 0 Å². The van der Waals surface area contributed by atoms with Crippen LogP contribution < -0.4 is 0 Å². The molecule has 2 aromatic carbocycles. The quantitative estimate of drug-likeness (QED) is 0.457. The van der Waals surface area contributed by atoms with E-state index >= 15 is 0 Å². The standard InChI is InChI=1S/C19H12F8N2O2S/c1-9-3-4-11(7-12(9)18(22,23)24)29-15(8-16(28-29)19(25,26)27)10-5-13(20)17(14(21)6-10)32(2,30)31/h3-8H,1-2H3. The largest absolute Gasteiger partial charge is 0.435 e. The number of hydrogen-bond acceptors (Lipinski definition) is 3. The monoisotopic (exact) mass is 484 g/mol. The summed E-state index contributed by atoms with van der Waals surface area (Å²) in [5.41, 5.74) is -4.51. The van der Waals surface area contributed by atoms with Crippen LogP contribution in [0.2, 0.25) is 0 Å². The third-order valence-corrected chi connectivity index (χ3v) is 5.57. The summed E-state index contributed by atoms with van der Waals surface area (Å²) >= 11 is 0. The highest BCUT2D eigenvalue weighted by atomic mass is 32.2. The number of rotatable bonds is 3. The first-order chi connectivity index (χ1) is 14.5. The van der Waals surface area contributed by atoms with Crippen LogP contribution in [0.25, 0.3) is 16.9 Å². The Labute approximate surface area is 176 Å². The minimum Gasteiger partial charge on any atom is -0.232 e. The Hall–Kier alpha value is -2.96. The van der Waals surface area contributed by atoms with Gasteiger partial charge < -0.3 is 0 Å². The molecule has 3 aromatic rings. The summed E-state index contributed by atoms with van der Waals surface area (Å²) in [4.78, 5) is -1.29. The van der Waals surface area contributed by atoms with E-state index in [4.69, 9.17) is 0 Å². The topological polar surface area (TPSA) is 52.0 Å². The Balaban J connectivity index is 2.31. The van der Waals surface area contributed by atoms with Crippen LogP contribution in [0.15, 0.2) is 41.3 Å². The summed E-state index contributed by atoms with van der Waals surface area (Å²) in [6.07, 6.45) is -9.32. The first-order valence-corrected chi connectivity index (χ1v) is 10.4. The molecule has 172 valence electrons. The highest BCUT2D eigenvalue weighted by Gasteiger charge is 2.37. The fraction of sp³-hybridized carbons (Fsp3) is 0.211. The van der Waals surface area contributed by atoms with E-state index in [-0.39, 0.29) is 5.56 Å². The van der Waals surface area contributed by atoms with Crippen LogP contribution in [0.4, 0.5) is 35.1 Å². The smallest absolute Gasteiger partial charge is 0.232 e. The Morgan fingerprint density at radius 3 is 1.91 bits per heavy atom. The molecule has 0 spiro atoms. The molecule has 3 rings (SSSR count). The second kappa shape index (κ2) is 7.57. The van der Waals surface area contributed by atoms with Gasteiger partial charge in [0, 0.05) is 11.8 Å². The van der Waals surface area contributed by atoms with Crippen LogP contribution >= 0.6 is 0 Å². The number of hydrogen-bond donors (Lipinski definition) is 0. The molecule has 0 aliphatic heterocycles. The Morgan fingerprint density at radius 1 is 0.875 bits per heavy atom. The first-order valence-electron chi connectivity index (χ1n) is 8.55. The minimum atomic E-state index is -5.03. The molecule has 1 heterocycles. The van der Waals surface area contributed by atoms with E-state index in [2.05, 4.69) is 5.10 Å². The molecule has 0 saturated heterocycles. The summed E-state index contributed by atoms with van der Waals surface area (Å²) in [5.74, 6) is -3.16. The molecule has 0 fully saturated rings. The number of aromatic nitrogens is 2. The second-order valence-electron chi connectivity index (χ2n) is 6.86. The van der Waals surface area contributed by atoms with Crippen LogP contribution in [0, 0.1) is 18.6 Å². The van der Waals surface area contributed by atoms with Crippen molar-refractivity contribution in [1.29, 1.82) is 0 Å². The number of benzene rings is 2. The molecule has 13 heteroatoms. The average Bonchev–Trinajstić information content (AvgIpc) is 3.05. The lowest BCUT2D eigenvalue weighted by molar-refractivity contribution is -0.141. The summed E-state index contributed by atoms with van der Waals surface area (Å²) in [6.45, 7) is 1.15. The van der Waals surface area contributed by atoms with Crippen molar-refractivity contribution in [3.8, 4) is 16.9 Å². The lowest BCUT2D eigenvalue weighted by Gasteiger charge is -2.14. The van der Waals surface area contributed by atoms with Gasteiger partial charge in [0.15, 0.2) is 15.5 Å². The number of alkyl halides is 6. The molecule has 1 aromatic heterocycles. The molecule has 0 aliphatic rings. The normalized spacial score (nSPS) is 12.9. The second-order valence-corrected chi connectivity index (χ2v) is 8.82. The molecule has 0 atom stereocenters. The zero-order chi connectivity index (χ0) is 24.2. The summed E-state index contributed by atoms with van der Waals surface area (Å²) < 4.78 is 132. The van der Waals surface area contributed by atoms with Gasteiger partial charge in [-0.1, -0.05) is 6.07 Å². The predicted molar refractivity (Wildman–Crippen MR) is 96.8 cm³/mol. The van der Waals surface area contributed by atoms with E-state index in [9.17, 15) is 43.5 Å². The molecule has 0 amide bonds. The lowest BCUT2D eigenvalue weighted by Crippen LogP contribution is -2.11. The number of aryl methyl sites for hydroxylation is 1. The molecule has 32 heavy (non-hydrogen) atoms. The highest BCUT2D eigenvalue weighted by Crippen LogP contribution is 2.37. The van der Waals surface area contributed by atoms with Crippen molar-refractivity contribution in [2.75, 3.05) is 6.26 Å². The molecule has 4 nitrogen and oxygen atoms in total. The number of halogens is 8. The summed E-state index contributed by atoms with van der Waals surface area (Å²) in [6, 6.07) is 3.92. The van der Waals surface area contributed by atoms with Gasteiger partial charge in [-0.2, -0.15) is 31.4 Å². The summed E-state index contributed by atoms with van der Waals surface area (Å²) in [5, 5.41) is 3.27. The predicted octanol–water partition coefficient (Wildman–Crippen LogP) is 5.57. The molecule has 0 bridgehead atoms. The van der Waals surface area contributed by atoms with Gasteiger partial charge in [-0.25, -0.2) is 21.9 Å². The van der Waals surface area contributed by atoms with Crippen LogP contribution in [-0.4, -0.2) is 24.5 Å². The van der Waals surface area contributed by atoms with Gasteiger partial charge in [-0.15, -0.1) is 0 Å². The van der Waals surface area contributed by atoms with Crippen molar-refractivity contribution in [2.45, 2.75) is 24.2 Å². The van der Waals surface area contributed by atoms with Gasteiger partial charge >= 0.3 is 12.4 Å². The van der Waals surface area contributed by atoms with Gasteiger partial charge in [-0.3, -0.25) is 0 Å². The van der Waals surface area contributed by atoms with E-state index in [1.54, 1.807) is 0 Å². The SMILES string of the molecule is Cc1ccc(-n2nc(C(F)(F)F)cc2-c2cc(F)c(S(C)(=O)=O)c(F)c2)cc1C(F)(F)F. The molecule has 0 N–H and O–H groups in total.